The highest BCUT2D eigenvalue weighted by molar-refractivity contribution is 6.34. The van der Waals surface area contributed by atoms with Gasteiger partial charge in [0.05, 0.1) is 11.1 Å². The number of hydrogen-bond acceptors (Lipinski definition) is 3. The van der Waals surface area contributed by atoms with Crippen molar-refractivity contribution in [1.29, 1.82) is 0 Å². The molecule has 1 saturated heterocycles. The van der Waals surface area contributed by atoms with E-state index in [0.717, 1.165) is 30.8 Å². The van der Waals surface area contributed by atoms with E-state index in [1.54, 1.807) is 12.1 Å². The Morgan fingerprint density at radius 3 is 2.93 bits per heavy atom. The molecule has 146 valence electrons. The maximum absolute atomic E-state index is 13.6. The van der Waals surface area contributed by atoms with Crippen LogP contribution in [0.3, 0.4) is 0 Å². The maximum atomic E-state index is 13.6. The summed E-state index contributed by atoms with van der Waals surface area (Å²) in [5.41, 5.74) is 4.26. The van der Waals surface area contributed by atoms with Crippen molar-refractivity contribution in [3.8, 4) is 0 Å². The zero-order chi connectivity index (χ0) is 19.8. The van der Waals surface area contributed by atoms with E-state index in [0.29, 0.717) is 40.5 Å². The molecule has 1 aromatic heterocycles. The first kappa shape index (κ1) is 18.4. The van der Waals surface area contributed by atoms with Gasteiger partial charge in [-0.05, 0) is 69.1 Å². The van der Waals surface area contributed by atoms with Crippen molar-refractivity contribution in [3.63, 3.8) is 0 Å². The molecule has 3 heterocycles. The molecule has 1 atom stereocenters. The second kappa shape index (κ2) is 7.24. The van der Waals surface area contributed by atoms with Crippen LogP contribution in [0.5, 0.6) is 0 Å². The minimum atomic E-state index is -0.401. The van der Waals surface area contributed by atoms with Gasteiger partial charge in [0.1, 0.15) is 5.82 Å². The Bertz CT molecular complexity index is 987. The van der Waals surface area contributed by atoms with Gasteiger partial charge in [-0.15, -0.1) is 0 Å². The van der Waals surface area contributed by atoms with Gasteiger partial charge in [0.15, 0.2) is 0 Å². The summed E-state index contributed by atoms with van der Waals surface area (Å²) in [6, 6.07) is 4.20. The molecule has 6 nitrogen and oxygen atoms in total. The van der Waals surface area contributed by atoms with Gasteiger partial charge in [0, 0.05) is 29.2 Å². The van der Waals surface area contributed by atoms with Crippen molar-refractivity contribution in [2.45, 2.75) is 20.3 Å². The van der Waals surface area contributed by atoms with E-state index < -0.39 is 5.82 Å². The van der Waals surface area contributed by atoms with Crippen LogP contribution < -0.4 is 16.0 Å². The van der Waals surface area contributed by atoms with Gasteiger partial charge in [-0.1, -0.05) is 0 Å². The van der Waals surface area contributed by atoms with Gasteiger partial charge >= 0.3 is 0 Å². The number of aromatic amines is 1. The Morgan fingerprint density at radius 1 is 1.36 bits per heavy atom. The average molecular weight is 382 g/mol. The second-order valence-corrected chi connectivity index (χ2v) is 7.43. The molecule has 2 aliphatic rings. The Kier molecular flexibility index (Phi) is 4.77. The highest BCUT2D eigenvalue weighted by atomic mass is 19.1. The van der Waals surface area contributed by atoms with E-state index in [-0.39, 0.29) is 11.8 Å². The number of amides is 2. The van der Waals surface area contributed by atoms with E-state index in [2.05, 4.69) is 20.9 Å². The number of H-pyrrole nitrogens is 1. The summed E-state index contributed by atoms with van der Waals surface area (Å²) >= 11 is 0. The third kappa shape index (κ3) is 3.33. The lowest BCUT2D eigenvalue weighted by molar-refractivity contribution is -0.110. The van der Waals surface area contributed by atoms with E-state index >= 15 is 0 Å². The van der Waals surface area contributed by atoms with Crippen LogP contribution in [-0.2, 0) is 4.79 Å². The molecule has 0 radical (unpaired) electrons. The van der Waals surface area contributed by atoms with Crippen LogP contribution >= 0.6 is 0 Å². The Hall–Kier alpha value is -2.93. The topological polar surface area (TPSA) is 86.0 Å². The van der Waals surface area contributed by atoms with Gasteiger partial charge < -0.3 is 20.9 Å². The Morgan fingerprint density at radius 2 is 2.18 bits per heavy atom. The van der Waals surface area contributed by atoms with E-state index in [4.69, 9.17) is 0 Å². The number of halogens is 1. The number of hydrogen-bond donors (Lipinski definition) is 4. The van der Waals surface area contributed by atoms with E-state index in [9.17, 15) is 14.0 Å². The molecular formula is C21H23FN4O2. The van der Waals surface area contributed by atoms with Crippen molar-refractivity contribution in [2.24, 2.45) is 5.92 Å². The van der Waals surface area contributed by atoms with Crippen LogP contribution in [-0.4, -0.2) is 36.4 Å². The molecule has 2 aromatic rings. The number of fused-ring (bicyclic) bond motifs is 1. The van der Waals surface area contributed by atoms with Crippen molar-refractivity contribution in [3.05, 3.63) is 52.1 Å². The molecule has 2 aliphatic heterocycles. The molecule has 1 unspecified atom stereocenters. The second-order valence-electron chi connectivity index (χ2n) is 7.43. The zero-order valence-electron chi connectivity index (χ0n) is 15.9. The monoisotopic (exact) mass is 382 g/mol. The third-order valence-electron chi connectivity index (χ3n) is 5.47. The van der Waals surface area contributed by atoms with Gasteiger partial charge in [-0.3, -0.25) is 9.59 Å². The number of carbonyl (C=O) groups is 2. The molecule has 0 bridgehead atoms. The van der Waals surface area contributed by atoms with E-state index in [1.807, 2.05) is 13.8 Å². The first-order chi connectivity index (χ1) is 13.4. The Balaban J connectivity index is 1.61. The van der Waals surface area contributed by atoms with Crippen molar-refractivity contribution in [2.75, 3.05) is 25.0 Å². The number of aromatic nitrogens is 1. The smallest absolute Gasteiger partial charge is 0.256 e. The number of nitrogens with one attached hydrogen (secondary N) is 4. The molecule has 28 heavy (non-hydrogen) atoms. The number of rotatable bonds is 4. The standard InChI is InChI=1S/C21H23FN4O2/c1-11-18(8-16-15-7-14(22)3-4-17(15)26-20(16)27)25-12(2)19(11)21(28)24-10-13-5-6-23-9-13/h3-4,7-8,13,23,25H,5-6,9-10H2,1-2H3,(H,24,28)(H,26,27)/b16-8-. The normalized spacial score (nSPS) is 19.8. The molecule has 0 saturated carbocycles. The lowest BCUT2D eigenvalue weighted by atomic mass is 10.0. The largest absolute Gasteiger partial charge is 0.358 e. The number of carbonyl (C=O) groups excluding carboxylic acids is 2. The van der Waals surface area contributed by atoms with Crippen LogP contribution in [0.25, 0.3) is 11.6 Å². The number of benzene rings is 1. The molecule has 2 amide bonds. The van der Waals surface area contributed by atoms with Crippen LogP contribution in [0.2, 0.25) is 0 Å². The van der Waals surface area contributed by atoms with Crippen molar-refractivity contribution < 1.29 is 14.0 Å². The minimum Gasteiger partial charge on any atom is -0.358 e. The highest BCUT2D eigenvalue weighted by Crippen LogP contribution is 2.34. The summed E-state index contributed by atoms with van der Waals surface area (Å²) < 4.78 is 13.6. The van der Waals surface area contributed by atoms with Gasteiger partial charge in [-0.25, -0.2) is 4.39 Å². The summed E-state index contributed by atoms with van der Waals surface area (Å²) in [6.07, 6.45) is 2.74. The summed E-state index contributed by atoms with van der Waals surface area (Å²) in [4.78, 5) is 28.2. The predicted octanol–water partition coefficient (Wildman–Crippen LogP) is 2.60. The zero-order valence-corrected chi connectivity index (χ0v) is 15.9. The summed E-state index contributed by atoms with van der Waals surface area (Å²) in [7, 11) is 0. The van der Waals surface area contributed by atoms with E-state index in [1.165, 1.54) is 12.1 Å². The minimum absolute atomic E-state index is 0.120. The lowest BCUT2D eigenvalue weighted by Gasteiger charge is -2.10. The molecule has 1 fully saturated rings. The molecule has 1 aromatic carbocycles. The fourth-order valence-corrected chi connectivity index (χ4v) is 3.92. The summed E-state index contributed by atoms with van der Waals surface area (Å²) in [5.74, 6) is -0.349. The molecule has 4 N–H and O–H groups in total. The van der Waals surface area contributed by atoms with Gasteiger partial charge in [0.25, 0.3) is 11.8 Å². The quantitative estimate of drug-likeness (QED) is 0.613. The first-order valence-corrected chi connectivity index (χ1v) is 9.45. The molecule has 7 heteroatoms. The highest BCUT2D eigenvalue weighted by Gasteiger charge is 2.26. The maximum Gasteiger partial charge on any atom is 0.256 e. The molecule has 4 rings (SSSR count). The average Bonchev–Trinajstić information content (AvgIpc) is 3.34. The number of anilines is 1. The van der Waals surface area contributed by atoms with Crippen LogP contribution in [0, 0.1) is 25.6 Å². The fraction of sp³-hybridized carbons (Fsp3) is 0.333. The summed E-state index contributed by atoms with van der Waals surface area (Å²) in [5, 5.41) is 9.04. The van der Waals surface area contributed by atoms with Gasteiger partial charge in [-0.2, -0.15) is 0 Å². The third-order valence-corrected chi connectivity index (χ3v) is 5.47. The SMILES string of the molecule is Cc1[nH]c(/C=C2\C(=O)Nc3ccc(F)cc32)c(C)c1C(=O)NCC1CCNC1. The molecule has 0 aliphatic carbocycles. The first-order valence-electron chi connectivity index (χ1n) is 9.45. The fourth-order valence-electron chi connectivity index (χ4n) is 3.92. The number of aryl methyl sites for hydroxylation is 1. The van der Waals surface area contributed by atoms with Crippen LogP contribution in [0.15, 0.2) is 18.2 Å². The Labute approximate surface area is 162 Å². The van der Waals surface area contributed by atoms with Crippen LogP contribution in [0.1, 0.15) is 39.3 Å². The lowest BCUT2D eigenvalue weighted by Crippen LogP contribution is -2.30. The molecule has 0 spiro atoms. The van der Waals surface area contributed by atoms with Crippen molar-refractivity contribution >= 4 is 29.2 Å². The van der Waals surface area contributed by atoms with Crippen LogP contribution in [0.4, 0.5) is 10.1 Å². The van der Waals surface area contributed by atoms with Crippen molar-refractivity contribution in [1.82, 2.24) is 15.6 Å². The van der Waals surface area contributed by atoms with Gasteiger partial charge in [0.2, 0.25) is 0 Å². The predicted molar refractivity (Wildman–Crippen MR) is 106 cm³/mol. The summed E-state index contributed by atoms with van der Waals surface area (Å²) in [6.45, 7) is 6.24. The molecular weight excluding hydrogens is 359 g/mol.